The van der Waals surface area contributed by atoms with Crippen LogP contribution in [0.2, 0.25) is 0 Å². The fraction of sp³-hybridized carbons (Fsp3) is 0.593. The molecule has 0 spiro atoms. The van der Waals surface area contributed by atoms with Gasteiger partial charge in [0.2, 0.25) is 0 Å². The van der Waals surface area contributed by atoms with E-state index in [0.717, 1.165) is 37.3 Å². The van der Waals surface area contributed by atoms with Gasteiger partial charge in [-0.3, -0.25) is 4.79 Å². The molecule has 2 fully saturated rings. The minimum absolute atomic E-state index is 0.227. The van der Waals surface area contributed by atoms with Crippen LogP contribution in [-0.2, 0) is 4.79 Å². The summed E-state index contributed by atoms with van der Waals surface area (Å²) in [4.78, 5) is 14.3. The number of unbranched alkanes of at least 4 members (excludes halogenated alkanes) is 1. The first-order valence-corrected chi connectivity index (χ1v) is 13.2. The van der Waals surface area contributed by atoms with E-state index in [-0.39, 0.29) is 5.92 Å². The molecular weight excluding hydrogens is 386 g/mol. The molecule has 0 radical (unpaired) electrons. The summed E-state index contributed by atoms with van der Waals surface area (Å²) in [6, 6.07) is 9.09. The van der Waals surface area contributed by atoms with E-state index in [2.05, 4.69) is 48.8 Å². The molecule has 0 saturated heterocycles. The van der Waals surface area contributed by atoms with Crippen molar-refractivity contribution in [2.75, 3.05) is 6.26 Å². The number of Topliss-reactive ketones (excluding diaryl/α,β-unsaturated/α-hetero) is 1. The van der Waals surface area contributed by atoms with Gasteiger partial charge in [0.1, 0.15) is 0 Å². The normalized spacial score (nSPS) is 19.6. The molecule has 3 rings (SSSR count). The second-order valence-electron chi connectivity index (χ2n) is 8.98. The first-order valence-electron chi connectivity index (χ1n) is 12.0. The van der Waals surface area contributed by atoms with Crippen LogP contribution in [0.1, 0.15) is 89.5 Å². The summed E-state index contributed by atoms with van der Waals surface area (Å²) in [7, 11) is 0. The van der Waals surface area contributed by atoms with Gasteiger partial charge < -0.3 is 5.32 Å². The number of benzene rings is 1. The summed E-state index contributed by atoms with van der Waals surface area (Å²) in [5.74, 6) is 1.66. The number of thioether (sulfide) groups is 1. The number of nitrogens with one attached hydrogen (secondary N) is 1. The molecule has 1 unspecified atom stereocenters. The molecule has 1 aromatic carbocycles. The average molecular weight is 426 g/mol. The minimum atomic E-state index is 0.227. The van der Waals surface area contributed by atoms with Crippen LogP contribution in [-0.4, -0.2) is 12.0 Å². The van der Waals surface area contributed by atoms with Gasteiger partial charge in [-0.05, 0) is 62.5 Å². The van der Waals surface area contributed by atoms with Crippen LogP contribution in [0.25, 0.3) is 0 Å². The van der Waals surface area contributed by atoms with E-state index in [1.54, 1.807) is 11.8 Å². The van der Waals surface area contributed by atoms with Crippen molar-refractivity contribution in [3.05, 3.63) is 53.4 Å². The third-order valence-electron chi connectivity index (χ3n) is 6.90. The molecule has 0 heterocycles. The predicted molar refractivity (Wildman–Crippen MR) is 130 cm³/mol. The summed E-state index contributed by atoms with van der Waals surface area (Å²) in [6.45, 7) is 4.22. The van der Waals surface area contributed by atoms with Crippen LogP contribution in [0.4, 0.5) is 0 Å². The highest BCUT2D eigenvalue weighted by atomic mass is 32.2. The fourth-order valence-corrected chi connectivity index (χ4v) is 5.17. The van der Waals surface area contributed by atoms with Gasteiger partial charge in [0.05, 0.1) is 5.70 Å². The van der Waals surface area contributed by atoms with Crippen molar-refractivity contribution in [3.8, 4) is 0 Å². The predicted octanol–water partition coefficient (Wildman–Crippen LogP) is 7.62. The Labute approximate surface area is 188 Å². The van der Waals surface area contributed by atoms with Gasteiger partial charge in [0.15, 0.2) is 5.78 Å². The Morgan fingerprint density at radius 1 is 1.13 bits per heavy atom. The summed E-state index contributed by atoms with van der Waals surface area (Å²) in [5, 5.41) is 3.66. The van der Waals surface area contributed by atoms with Gasteiger partial charge in [0, 0.05) is 22.4 Å². The van der Waals surface area contributed by atoms with Crippen molar-refractivity contribution in [1.29, 1.82) is 0 Å². The lowest BCUT2D eigenvalue weighted by molar-refractivity contribution is -0.121. The Bertz CT molecular complexity index is 739. The van der Waals surface area contributed by atoms with E-state index in [1.807, 2.05) is 13.0 Å². The van der Waals surface area contributed by atoms with Gasteiger partial charge >= 0.3 is 0 Å². The maximum Gasteiger partial charge on any atom is 0.181 e. The smallest absolute Gasteiger partial charge is 0.181 e. The molecule has 0 aromatic heterocycles. The number of carbonyl (C=O) groups excluding carboxylic acids is 1. The van der Waals surface area contributed by atoms with Crippen LogP contribution in [0.3, 0.4) is 0 Å². The largest absolute Gasteiger partial charge is 0.356 e. The number of allylic oxidation sites excluding steroid dienone is 4. The average Bonchev–Trinajstić information content (AvgIpc) is 3.24. The summed E-state index contributed by atoms with van der Waals surface area (Å²) in [6.07, 6.45) is 18.5. The summed E-state index contributed by atoms with van der Waals surface area (Å²) < 4.78 is 0. The molecule has 30 heavy (non-hydrogen) atoms. The van der Waals surface area contributed by atoms with E-state index in [0.29, 0.717) is 11.7 Å². The maximum atomic E-state index is 13.0. The van der Waals surface area contributed by atoms with Crippen LogP contribution >= 0.6 is 11.8 Å². The zero-order valence-electron chi connectivity index (χ0n) is 19.1. The number of ketones is 1. The molecule has 1 aromatic rings. The Hall–Kier alpha value is -1.48. The SMILES string of the molecule is C/C=C(\N/C(=C/CCC)C(CC1CCCC1)c1ccc(SC)cc1)C(=O)C1CCC1. The quantitative estimate of drug-likeness (QED) is 0.292. The molecule has 1 atom stereocenters. The highest BCUT2D eigenvalue weighted by molar-refractivity contribution is 7.98. The molecule has 2 aliphatic rings. The van der Waals surface area contributed by atoms with Crippen molar-refractivity contribution < 1.29 is 4.79 Å². The summed E-state index contributed by atoms with van der Waals surface area (Å²) >= 11 is 1.79. The van der Waals surface area contributed by atoms with E-state index < -0.39 is 0 Å². The topological polar surface area (TPSA) is 29.1 Å². The molecule has 0 aliphatic heterocycles. The lowest BCUT2D eigenvalue weighted by Gasteiger charge is -2.29. The Balaban J connectivity index is 1.87. The van der Waals surface area contributed by atoms with Crippen LogP contribution in [0, 0.1) is 11.8 Å². The lowest BCUT2D eigenvalue weighted by atomic mass is 9.80. The van der Waals surface area contributed by atoms with E-state index in [4.69, 9.17) is 0 Å². The molecule has 2 saturated carbocycles. The fourth-order valence-electron chi connectivity index (χ4n) is 4.76. The number of carbonyl (C=O) groups is 1. The second kappa shape index (κ2) is 11.8. The number of hydrogen-bond donors (Lipinski definition) is 1. The molecule has 2 nitrogen and oxygen atoms in total. The van der Waals surface area contributed by atoms with Crippen molar-refractivity contribution in [2.24, 2.45) is 11.8 Å². The Morgan fingerprint density at radius 3 is 2.37 bits per heavy atom. The van der Waals surface area contributed by atoms with Gasteiger partial charge in [-0.2, -0.15) is 0 Å². The van der Waals surface area contributed by atoms with Crippen molar-refractivity contribution in [1.82, 2.24) is 5.32 Å². The Kier molecular flexibility index (Phi) is 9.11. The van der Waals surface area contributed by atoms with Gasteiger partial charge in [-0.1, -0.05) is 69.7 Å². The van der Waals surface area contributed by atoms with Crippen molar-refractivity contribution in [3.63, 3.8) is 0 Å². The third kappa shape index (κ3) is 6.03. The monoisotopic (exact) mass is 425 g/mol. The highest BCUT2D eigenvalue weighted by Gasteiger charge is 2.30. The molecule has 0 bridgehead atoms. The maximum absolute atomic E-state index is 13.0. The second-order valence-corrected chi connectivity index (χ2v) is 9.86. The van der Waals surface area contributed by atoms with E-state index >= 15 is 0 Å². The van der Waals surface area contributed by atoms with Gasteiger partial charge in [-0.25, -0.2) is 0 Å². The van der Waals surface area contributed by atoms with Crippen molar-refractivity contribution >= 4 is 17.5 Å². The first kappa shape index (κ1) is 23.2. The molecule has 1 N–H and O–H groups in total. The molecule has 0 amide bonds. The molecule has 3 heteroatoms. The first-order chi connectivity index (χ1) is 14.7. The molecular formula is C27H39NOS. The zero-order chi connectivity index (χ0) is 21.3. The van der Waals surface area contributed by atoms with E-state index in [1.165, 1.54) is 54.7 Å². The lowest BCUT2D eigenvalue weighted by Crippen LogP contribution is -2.31. The zero-order valence-corrected chi connectivity index (χ0v) is 19.9. The molecule has 2 aliphatic carbocycles. The number of rotatable bonds is 11. The Morgan fingerprint density at radius 2 is 1.83 bits per heavy atom. The summed E-state index contributed by atoms with van der Waals surface area (Å²) in [5.41, 5.74) is 3.42. The van der Waals surface area contributed by atoms with Gasteiger partial charge in [0.25, 0.3) is 0 Å². The van der Waals surface area contributed by atoms with Crippen LogP contribution < -0.4 is 5.32 Å². The third-order valence-corrected chi connectivity index (χ3v) is 7.64. The highest BCUT2D eigenvalue weighted by Crippen LogP contribution is 2.38. The van der Waals surface area contributed by atoms with Crippen LogP contribution in [0.5, 0.6) is 0 Å². The molecule has 164 valence electrons. The van der Waals surface area contributed by atoms with Crippen molar-refractivity contribution in [2.45, 2.75) is 88.9 Å². The standard InChI is InChI=1S/C27H39NOS/c1-4-6-14-26(28-25(5-2)27(29)22-12-9-13-22)24(19-20-10-7-8-11-20)21-15-17-23(30-3)18-16-21/h5,14-18,20,22,24,28H,4,6-13,19H2,1-3H3/b25-5-,26-14+. The minimum Gasteiger partial charge on any atom is -0.356 e. The number of hydrogen-bond acceptors (Lipinski definition) is 3. The van der Waals surface area contributed by atoms with E-state index in [9.17, 15) is 4.79 Å². The van der Waals surface area contributed by atoms with Gasteiger partial charge in [-0.15, -0.1) is 11.8 Å². The van der Waals surface area contributed by atoms with Crippen LogP contribution in [0.15, 0.2) is 52.7 Å².